The van der Waals surface area contributed by atoms with E-state index in [0.717, 1.165) is 6.04 Å². The molecule has 0 spiro atoms. The van der Waals surface area contributed by atoms with Crippen molar-refractivity contribution < 1.29 is 0 Å². The summed E-state index contributed by atoms with van der Waals surface area (Å²) in [5.74, 6) is 0. The topological polar surface area (TPSA) is 8.17 Å². The van der Waals surface area contributed by atoms with E-state index in [2.05, 4.69) is 42.3 Å². The Morgan fingerprint density at radius 1 is 1.31 bits per heavy atom. The van der Waals surface area contributed by atoms with Crippen molar-refractivity contribution in [2.24, 2.45) is 0 Å². The first-order valence-corrected chi connectivity index (χ1v) is 9.42. The maximum atomic E-state index is 2.71. The Balaban J connectivity index is 1.78. The molecule has 1 unspecified atom stereocenters. The van der Waals surface area contributed by atoms with Crippen LogP contribution in [-0.4, -0.2) is 28.0 Å². The number of aromatic nitrogens is 1. The van der Waals surface area contributed by atoms with Crippen LogP contribution in [0, 0.1) is 0 Å². The van der Waals surface area contributed by atoms with Crippen molar-refractivity contribution in [2.45, 2.75) is 38.1 Å². The van der Waals surface area contributed by atoms with E-state index in [0.29, 0.717) is 0 Å². The summed E-state index contributed by atoms with van der Waals surface area (Å²) in [7, 11) is 1.80. The smallest absolute Gasteiger partial charge is 0.0347 e. The van der Waals surface area contributed by atoms with E-state index in [1.807, 2.05) is 0 Å². The minimum absolute atomic E-state index is 0.812. The van der Waals surface area contributed by atoms with Crippen molar-refractivity contribution in [2.75, 3.05) is 13.1 Å². The highest BCUT2D eigenvalue weighted by Gasteiger charge is 2.27. The first kappa shape index (κ1) is 11.4. The van der Waals surface area contributed by atoms with E-state index in [1.54, 1.807) is 20.4 Å². The van der Waals surface area contributed by atoms with Crippen LogP contribution in [0.25, 0.3) is 0 Å². The van der Waals surface area contributed by atoms with Crippen LogP contribution in [0.15, 0.2) is 12.3 Å². The monoisotopic (exact) mass is 348 g/mol. The van der Waals surface area contributed by atoms with E-state index >= 15 is 0 Å². The highest BCUT2D eigenvalue weighted by atomic mass is 127. The van der Waals surface area contributed by atoms with Gasteiger partial charge in [0, 0.05) is 54.7 Å². The van der Waals surface area contributed by atoms with Gasteiger partial charge in [-0.3, -0.25) is 8.87 Å². The van der Waals surface area contributed by atoms with Crippen LogP contribution < -0.4 is 0 Å². The lowest BCUT2D eigenvalue weighted by Crippen LogP contribution is -2.37. The fourth-order valence-corrected chi connectivity index (χ4v) is 4.55. The van der Waals surface area contributed by atoms with Crippen molar-refractivity contribution in [1.82, 2.24) is 8.87 Å². The quantitative estimate of drug-likeness (QED) is 0.758. The fraction of sp³-hybridized carbons (Fsp3) is 0.667. The second kappa shape index (κ2) is 4.90. The molecule has 0 bridgehead atoms. The van der Waals surface area contributed by atoms with E-state index in [-0.39, 0.29) is 0 Å². The van der Waals surface area contributed by atoms with Gasteiger partial charge in [-0.25, -0.2) is 0 Å². The normalized spacial score (nSPS) is 25.9. The lowest BCUT2D eigenvalue weighted by Gasteiger charge is -2.31. The number of nitrogens with zero attached hydrogens (tertiary/aromatic N) is 2. The van der Waals surface area contributed by atoms with Gasteiger partial charge in [-0.05, 0) is 50.4 Å². The first-order chi connectivity index (χ1) is 7.88. The summed E-state index contributed by atoms with van der Waals surface area (Å²) < 4.78 is 2.35. The van der Waals surface area contributed by atoms with Crippen molar-refractivity contribution in [3.8, 4) is 0 Å². The van der Waals surface area contributed by atoms with Crippen LogP contribution in [0.4, 0.5) is 0 Å². The van der Waals surface area contributed by atoms with E-state index < -0.39 is 0 Å². The zero-order valence-electron chi connectivity index (χ0n) is 9.36. The lowest BCUT2D eigenvalue weighted by molar-refractivity contribution is 0.220. The van der Waals surface area contributed by atoms with Crippen LogP contribution in [0.5, 0.6) is 0 Å². The standard InChI is InChI=1S/C12H17IN2S/c13-16-15-8-5-10-3-4-11(9-12(10)15)14-6-1-2-7-14/h5,8,11H,1-4,6-7,9H2. The Bertz CT molecular complexity index is 358. The Hall–Kier alpha value is 0.320. The molecule has 1 fully saturated rings. The van der Waals surface area contributed by atoms with Crippen molar-refractivity contribution >= 4 is 30.3 Å². The third-order valence-electron chi connectivity index (χ3n) is 3.96. The average Bonchev–Trinajstić information content (AvgIpc) is 2.97. The molecule has 88 valence electrons. The predicted octanol–water partition coefficient (Wildman–Crippen LogP) is 3.29. The van der Waals surface area contributed by atoms with Gasteiger partial charge in [0.05, 0.1) is 0 Å². The molecule has 4 heteroatoms. The molecule has 1 aliphatic carbocycles. The van der Waals surface area contributed by atoms with Gasteiger partial charge in [0.1, 0.15) is 0 Å². The summed E-state index contributed by atoms with van der Waals surface area (Å²) in [6.07, 6.45) is 8.95. The third-order valence-corrected chi connectivity index (χ3v) is 5.72. The van der Waals surface area contributed by atoms with Gasteiger partial charge in [-0.2, -0.15) is 0 Å². The molecule has 16 heavy (non-hydrogen) atoms. The van der Waals surface area contributed by atoms with Gasteiger partial charge < -0.3 is 0 Å². The minimum atomic E-state index is 0.812. The fourth-order valence-electron chi connectivity index (χ4n) is 3.06. The SMILES string of the molecule is ISn1ccc2c1CC(N1CCCC1)CC2. The maximum absolute atomic E-state index is 2.71. The molecular weight excluding hydrogens is 331 g/mol. The summed E-state index contributed by atoms with van der Waals surface area (Å²) in [6.45, 7) is 2.66. The third kappa shape index (κ3) is 2.04. The van der Waals surface area contributed by atoms with Gasteiger partial charge >= 0.3 is 0 Å². The zero-order valence-corrected chi connectivity index (χ0v) is 12.3. The lowest BCUT2D eigenvalue weighted by atomic mass is 9.93. The zero-order chi connectivity index (χ0) is 11.0. The van der Waals surface area contributed by atoms with Crippen molar-refractivity contribution in [3.05, 3.63) is 23.5 Å². The summed E-state index contributed by atoms with van der Waals surface area (Å²) >= 11 is 2.38. The van der Waals surface area contributed by atoms with Crippen LogP contribution in [0.1, 0.15) is 30.5 Å². The highest BCUT2D eigenvalue weighted by Crippen LogP contribution is 2.31. The molecule has 0 radical (unpaired) electrons. The van der Waals surface area contributed by atoms with Gasteiger partial charge in [0.2, 0.25) is 0 Å². The Morgan fingerprint density at radius 3 is 2.88 bits per heavy atom. The number of aryl methyl sites for hydroxylation is 1. The minimum Gasteiger partial charge on any atom is -0.300 e. The molecule has 1 atom stereocenters. The highest BCUT2D eigenvalue weighted by molar-refractivity contribution is 14.2. The summed E-state index contributed by atoms with van der Waals surface area (Å²) in [4.78, 5) is 2.71. The van der Waals surface area contributed by atoms with Gasteiger partial charge in [0.15, 0.2) is 0 Å². The molecule has 0 saturated carbocycles. The molecule has 1 aromatic rings. The predicted molar refractivity (Wildman–Crippen MR) is 78.1 cm³/mol. The molecule has 2 aliphatic rings. The van der Waals surface area contributed by atoms with Crippen LogP contribution in [0.2, 0.25) is 0 Å². The molecule has 0 N–H and O–H groups in total. The number of halogens is 1. The Morgan fingerprint density at radius 2 is 2.12 bits per heavy atom. The molecule has 0 amide bonds. The molecule has 0 aromatic carbocycles. The first-order valence-electron chi connectivity index (χ1n) is 6.10. The van der Waals surface area contributed by atoms with Crippen molar-refractivity contribution in [3.63, 3.8) is 0 Å². The van der Waals surface area contributed by atoms with Crippen LogP contribution >= 0.6 is 30.3 Å². The second-order valence-corrected chi connectivity index (χ2v) is 6.54. The van der Waals surface area contributed by atoms with E-state index in [9.17, 15) is 0 Å². The average molecular weight is 348 g/mol. The van der Waals surface area contributed by atoms with Crippen LogP contribution in [0.3, 0.4) is 0 Å². The molecule has 2 nitrogen and oxygen atoms in total. The van der Waals surface area contributed by atoms with E-state index in [1.165, 1.54) is 45.2 Å². The largest absolute Gasteiger partial charge is 0.300 e. The van der Waals surface area contributed by atoms with Crippen LogP contribution in [-0.2, 0) is 12.8 Å². The number of fused-ring (bicyclic) bond motifs is 1. The summed E-state index contributed by atoms with van der Waals surface area (Å²) in [6, 6.07) is 3.12. The number of hydrogen-bond donors (Lipinski definition) is 0. The Labute approximate surface area is 113 Å². The molecule has 1 aromatic heterocycles. The molecular formula is C12H17IN2S. The Kier molecular flexibility index (Phi) is 3.50. The number of rotatable bonds is 2. The van der Waals surface area contributed by atoms with Gasteiger partial charge in [0.25, 0.3) is 0 Å². The number of likely N-dealkylation sites (tertiary alicyclic amines) is 1. The van der Waals surface area contributed by atoms with Gasteiger partial charge in [-0.1, -0.05) is 0 Å². The summed E-state index contributed by atoms with van der Waals surface area (Å²) in [5.41, 5.74) is 3.15. The maximum Gasteiger partial charge on any atom is 0.0347 e. The van der Waals surface area contributed by atoms with Gasteiger partial charge in [-0.15, -0.1) is 0 Å². The molecule has 3 rings (SSSR count). The molecule has 1 aliphatic heterocycles. The molecule has 2 heterocycles. The van der Waals surface area contributed by atoms with E-state index in [4.69, 9.17) is 0 Å². The molecule has 1 saturated heterocycles. The van der Waals surface area contributed by atoms with Crippen molar-refractivity contribution in [1.29, 1.82) is 0 Å². The number of hydrogen-bond acceptors (Lipinski definition) is 2. The summed E-state index contributed by atoms with van der Waals surface area (Å²) in [5, 5.41) is 0. The second-order valence-electron chi connectivity index (χ2n) is 4.82.